The van der Waals surface area contributed by atoms with Crippen molar-refractivity contribution in [2.24, 2.45) is 5.41 Å². The van der Waals surface area contributed by atoms with Crippen LogP contribution in [0.5, 0.6) is 0 Å². The van der Waals surface area contributed by atoms with Crippen LogP contribution in [0, 0.1) is 5.41 Å². The fraction of sp³-hybridized carbons (Fsp3) is 1.00. The zero-order valence-corrected chi connectivity index (χ0v) is 12.3. The molecule has 0 heteroatoms. The second-order valence-electron chi connectivity index (χ2n) is 6.14. The smallest absolute Gasteiger partial charge is 0.0354 e. The molecule has 0 aromatic heterocycles. The summed E-state index contributed by atoms with van der Waals surface area (Å²) in [6.07, 6.45) is 15.7. The van der Waals surface area contributed by atoms with Gasteiger partial charge in [-0.2, -0.15) is 0 Å². The summed E-state index contributed by atoms with van der Waals surface area (Å²) in [5.41, 5.74) is 0.597. The molecule has 0 radical (unpaired) electrons. The van der Waals surface area contributed by atoms with E-state index in [0.717, 1.165) is 0 Å². The van der Waals surface area contributed by atoms with Gasteiger partial charge in [-0.15, -0.1) is 0 Å². The van der Waals surface area contributed by atoms with E-state index in [-0.39, 0.29) is 0 Å². The fourth-order valence-corrected chi connectivity index (χ4v) is 2.34. The minimum absolute atomic E-state index is 0.597. The molecule has 0 spiro atoms. The number of rotatable bonds is 11. The predicted octanol–water partition coefficient (Wildman–Crippen LogP) is 6.34. The predicted molar refractivity (Wildman–Crippen MR) is 75.9 cm³/mol. The summed E-state index contributed by atoms with van der Waals surface area (Å²) >= 11 is 0. The molecule has 0 heterocycles. The molecule has 0 N–H and O–H groups in total. The Kier molecular flexibility index (Phi) is 10.2. The molecule has 0 saturated carbocycles. The lowest BCUT2D eigenvalue weighted by molar-refractivity contribution is 0.285. The van der Waals surface area contributed by atoms with E-state index in [9.17, 15) is 0 Å². The lowest BCUT2D eigenvalue weighted by atomic mass is 9.82. The summed E-state index contributed by atoms with van der Waals surface area (Å²) in [5.74, 6) is 0. The van der Waals surface area contributed by atoms with Gasteiger partial charge in [-0.3, -0.25) is 0 Å². The molecule has 0 fully saturated rings. The molecule has 0 saturated heterocycles. The van der Waals surface area contributed by atoms with Crippen LogP contribution < -0.4 is 0 Å². The molecular weight excluding hydrogens is 192 g/mol. The van der Waals surface area contributed by atoms with E-state index in [1.807, 2.05) is 0 Å². The molecule has 0 atom stereocenters. The standard InChI is InChI=1S/C16H34/c1-5-7-9-10-11-12-13-15-16(3,4)14-8-6-2/h5-15H2,1-4H3. The first-order chi connectivity index (χ1) is 7.62. The van der Waals surface area contributed by atoms with Gasteiger partial charge in [0, 0.05) is 0 Å². The topological polar surface area (TPSA) is 0 Å². The van der Waals surface area contributed by atoms with Crippen LogP contribution in [0.1, 0.15) is 98.3 Å². The summed E-state index contributed by atoms with van der Waals surface area (Å²) < 4.78 is 0. The molecule has 0 nitrogen and oxygen atoms in total. The van der Waals surface area contributed by atoms with E-state index in [1.165, 1.54) is 70.6 Å². The summed E-state index contributed by atoms with van der Waals surface area (Å²) in [5, 5.41) is 0. The van der Waals surface area contributed by atoms with Crippen molar-refractivity contribution in [3.05, 3.63) is 0 Å². The second kappa shape index (κ2) is 10.2. The quantitative estimate of drug-likeness (QED) is 0.360. The lowest BCUT2D eigenvalue weighted by Gasteiger charge is -2.24. The van der Waals surface area contributed by atoms with Gasteiger partial charge in [0.2, 0.25) is 0 Å². The Hall–Kier alpha value is 0. The highest BCUT2D eigenvalue weighted by molar-refractivity contribution is 4.68. The molecule has 0 aliphatic rings. The van der Waals surface area contributed by atoms with Gasteiger partial charge in [0.05, 0.1) is 0 Å². The van der Waals surface area contributed by atoms with Crippen molar-refractivity contribution < 1.29 is 0 Å². The van der Waals surface area contributed by atoms with Gasteiger partial charge < -0.3 is 0 Å². The first kappa shape index (κ1) is 16.0. The zero-order valence-electron chi connectivity index (χ0n) is 12.3. The highest BCUT2D eigenvalue weighted by Gasteiger charge is 2.15. The Morgan fingerprint density at radius 2 is 1.00 bits per heavy atom. The van der Waals surface area contributed by atoms with E-state index in [4.69, 9.17) is 0 Å². The van der Waals surface area contributed by atoms with Crippen LogP contribution in [-0.2, 0) is 0 Å². The molecule has 0 unspecified atom stereocenters. The van der Waals surface area contributed by atoms with Crippen LogP contribution in [0.3, 0.4) is 0 Å². The maximum absolute atomic E-state index is 2.44. The van der Waals surface area contributed by atoms with Crippen LogP contribution in [0.25, 0.3) is 0 Å². The van der Waals surface area contributed by atoms with Crippen molar-refractivity contribution in [2.75, 3.05) is 0 Å². The van der Waals surface area contributed by atoms with Gasteiger partial charge in [-0.25, -0.2) is 0 Å². The molecule has 0 amide bonds. The maximum Gasteiger partial charge on any atom is -0.0354 e. The molecule has 0 aliphatic heterocycles. The van der Waals surface area contributed by atoms with Gasteiger partial charge >= 0.3 is 0 Å². The SMILES string of the molecule is CCCCCCCCCC(C)(C)CCCC. The molecule has 0 bridgehead atoms. The highest BCUT2D eigenvalue weighted by atomic mass is 14.2. The van der Waals surface area contributed by atoms with E-state index >= 15 is 0 Å². The van der Waals surface area contributed by atoms with Crippen molar-refractivity contribution >= 4 is 0 Å². The van der Waals surface area contributed by atoms with Crippen molar-refractivity contribution in [3.63, 3.8) is 0 Å². The van der Waals surface area contributed by atoms with Gasteiger partial charge in [0.25, 0.3) is 0 Å². The first-order valence-corrected chi connectivity index (χ1v) is 7.62. The van der Waals surface area contributed by atoms with Gasteiger partial charge in [0.15, 0.2) is 0 Å². The third-order valence-corrected chi connectivity index (χ3v) is 3.66. The second-order valence-corrected chi connectivity index (χ2v) is 6.14. The Morgan fingerprint density at radius 3 is 1.56 bits per heavy atom. The number of hydrogen-bond donors (Lipinski definition) is 0. The largest absolute Gasteiger partial charge is 0.0654 e. The zero-order chi connectivity index (χ0) is 12.3. The highest BCUT2D eigenvalue weighted by Crippen LogP contribution is 2.29. The average molecular weight is 226 g/mol. The number of unbranched alkanes of at least 4 members (excludes halogenated alkanes) is 7. The minimum atomic E-state index is 0.597. The Balaban J connectivity index is 3.29. The van der Waals surface area contributed by atoms with Crippen LogP contribution in [0.4, 0.5) is 0 Å². The molecule has 0 aromatic rings. The van der Waals surface area contributed by atoms with Crippen LogP contribution in [0.15, 0.2) is 0 Å². The molecule has 16 heavy (non-hydrogen) atoms. The van der Waals surface area contributed by atoms with Crippen LogP contribution in [0.2, 0.25) is 0 Å². The molecule has 98 valence electrons. The monoisotopic (exact) mass is 226 g/mol. The van der Waals surface area contributed by atoms with Crippen molar-refractivity contribution in [2.45, 2.75) is 98.3 Å². The molecule has 0 aromatic carbocycles. The van der Waals surface area contributed by atoms with Crippen LogP contribution in [-0.4, -0.2) is 0 Å². The van der Waals surface area contributed by atoms with Gasteiger partial charge in [-0.1, -0.05) is 85.5 Å². The van der Waals surface area contributed by atoms with Crippen molar-refractivity contribution in [1.82, 2.24) is 0 Å². The normalized spacial score (nSPS) is 12.0. The first-order valence-electron chi connectivity index (χ1n) is 7.62. The summed E-state index contributed by atoms with van der Waals surface area (Å²) in [6, 6.07) is 0. The third-order valence-electron chi connectivity index (χ3n) is 3.66. The Bertz CT molecular complexity index is 135. The Labute approximate surface area is 104 Å². The summed E-state index contributed by atoms with van der Waals surface area (Å²) in [7, 11) is 0. The van der Waals surface area contributed by atoms with Crippen molar-refractivity contribution in [3.8, 4) is 0 Å². The van der Waals surface area contributed by atoms with Crippen molar-refractivity contribution in [1.29, 1.82) is 0 Å². The summed E-state index contributed by atoms with van der Waals surface area (Å²) in [4.78, 5) is 0. The maximum atomic E-state index is 2.44. The minimum Gasteiger partial charge on any atom is -0.0654 e. The van der Waals surface area contributed by atoms with E-state index in [1.54, 1.807) is 0 Å². The van der Waals surface area contributed by atoms with E-state index in [2.05, 4.69) is 27.7 Å². The van der Waals surface area contributed by atoms with Gasteiger partial charge in [0.1, 0.15) is 0 Å². The molecule has 0 rings (SSSR count). The van der Waals surface area contributed by atoms with Crippen LogP contribution >= 0.6 is 0 Å². The lowest BCUT2D eigenvalue weighted by Crippen LogP contribution is -2.10. The Morgan fingerprint density at radius 1 is 0.562 bits per heavy atom. The fourth-order valence-electron chi connectivity index (χ4n) is 2.34. The summed E-state index contributed by atoms with van der Waals surface area (Å²) in [6.45, 7) is 9.47. The number of hydrogen-bond acceptors (Lipinski definition) is 0. The molecular formula is C16H34. The third kappa shape index (κ3) is 10.5. The van der Waals surface area contributed by atoms with E-state index in [0.29, 0.717) is 5.41 Å². The van der Waals surface area contributed by atoms with Gasteiger partial charge in [-0.05, 0) is 18.3 Å². The molecule has 0 aliphatic carbocycles. The van der Waals surface area contributed by atoms with E-state index < -0.39 is 0 Å². The average Bonchev–Trinajstić information content (AvgIpc) is 2.25.